The third kappa shape index (κ3) is 4.36. The summed E-state index contributed by atoms with van der Waals surface area (Å²) < 4.78 is 0. The summed E-state index contributed by atoms with van der Waals surface area (Å²) in [5.74, 6) is 0.701. The van der Waals surface area contributed by atoms with Crippen LogP contribution in [-0.2, 0) is 4.79 Å². The molecule has 0 saturated carbocycles. The molecule has 3 N–H and O–H groups in total. The average Bonchev–Trinajstić information content (AvgIpc) is 2.69. The van der Waals surface area contributed by atoms with Crippen LogP contribution < -0.4 is 16.0 Å². The van der Waals surface area contributed by atoms with Crippen LogP contribution in [0.1, 0.15) is 31.3 Å². The minimum absolute atomic E-state index is 0.148. The molecule has 148 valence electrons. The normalized spacial score (nSPS) is 14.7. The minimum Gasteiger partial charge on any atom is -0.396 e. The predicted molar refractivity (Wildman–Crippen MR) is 107 cm³/mol. The number of carbonyl (C=O) groups excluding carboxylic acids is 2. The SMILES string of the molecule is CC(C)(C)C(=O)N1CCN(c2ccc(N)c(NC(=O)c3cnccn3)n2)CC1. The highest BCUT2D eigenvalue weighted by molar-refractivity contribution is 6.03. The van der Waals surface area contributed by atoms with E-state index in [1.54, 1.807) is 6.07 Å². The van der Waals surface area contributed by atoms with Crippen molar-refractivity contribution < 1.29 is 9.59 Å². The Morgan fingerprint density at radius 3 is 2.43 bits per heavy atom. The van der Waals surface area contributed by atoms with E-state index in [9.17, 15) is 9.59 Å². The quantitative estimate of drug-likeness (QED) is 0.822. The van der Waals surface area contributed by atoms with E-state index in [0.717, 1.165) is 0 Å². The Labute approximate surface area is 164 Å². The zero-order chi connectivity index (χ0) is 20.3. The number of piperazine rings is 1. The van der Waals surface area contributed by atoms with Crippen molar-refractivity contribution in [1.82, 2.24) is 19.9 Å². The van der Waals surface area contributed by atoms with E-state index in [2.05, 4.69) is 25.2 Å². The molecule has 2 aromatic heterocycles. The summed E-state index contributed by atoms with van der Waals surface area (Å²) in [5.41, 5.74) is 6.13. The predicted octanol–water partition coefficient (Wildman–Crippen LogP) is 1.40. The summed E-state index contributed by atoms with van der Waals surface area (Å²) in [6.07, 6.45) is 4.31. The lowest BCUT2D eigenvalue weighted by molar-refractivity contribution is -0.139. The molecule has 9 heteroatoms. The number of amides is 2. The Morgan fingerprint density at radius 1 is 1.11 bits per heavy atom. The third-order valence-electron chi connectivity index (χ3n) is 4.47. The van der Waals surface area contributed by atoms with Crippen LogP contribution >= 0.6 is 0 Å². The number of aromatic nitrogens is 3. The van der Waals surface area contributed by atoms with Crippen molar-refractivity contribution in [2.75, 3.05) is 42.1 Å². The van der Waals surface area contributed by atoms with Crippen molar-refractivity contribution in [3.8, 4) is 0 Å². The number of nitrogens with zero attached hydrogens (tertiary/aromatic N) is 5. The van der Waals surface area contributed by atoms with Gasteiger partial charge in [0.25, 0.3) is 5.91 Å². The molecule has 3 rings (SSSR count). The molecular formula is C19H25N7O2. The Balaban J connectivity index is 1.69. The first-order chi connectivity index (χ1) is 13.3. The number of nitrogens with one attached hydrogen (secondary N) is 1. The summed E-state index contributed by atoms with van der Waals surface area (Å²) in [6.45, 7) is 8.36. The Kier molecular flexibility index (Phi) is 5.43. The molecular weight excluding hydrogens is 358 g/mol. The highest BCUT2D eigenvalue weighted by atomic mass is 16.2. The lowest BCUT2D eigenvalue weighted by Crippen LogP contribution is -2.51. The summed E-state index contributed by atoms with van der Waals surface area (Å²) in [6, 6.07) is 3.52. The van der Waals surface area contributed by atoms with Crippen LogP contribution in [0.3, 0.4) is 0 Å². The fourth-order valence-electron chi connectivity index (χ4n) is 2.94. The fraction of sp³-hybridized carbons (Fsp3) is 0.421. The molecule has 2 aromatic rings. The zero-order valence-electron chi connectivity index (χ0n) is 16.3. The number of anilines is 3. The van der Waals surface area contributed by atoms with Gasteiger partial charge in [0.1, 0.15) is 11.5 Å². The first-order valence-electron chi connectivity index (χ1n) is 9.14. The smallest absolute Gasteiger partial charge is 0.277 e. The number of hydrogen-bond donors (Lipinski definition) is 2. The second kappa shape index (κ2) is 7.79. The van der Waals surface area contributed by atoms with Crippen molar-refractivity contribution >= 4 is 29.1 Å². The van der Waals surface area contributed by atoms with Gasteiger partial charge in [-0.25, -0.2) is 9.97 Å². The molecule has 1 saturated heterocycles. The second-order valence-electron chi connectivity index (χ2n) is 7.68. The summed E-state index contributed by atoms with van der Waals surface area (Å²) in [4.78, 5) is 41.0. The van der Waals surface area contributed by atoms with Gasteiger partial charge in [-0.05, 0) is 12.1 Å². The minimum atomic E-state index is -0.426. The van der Waals surface area contributed by atoms with Gasteiger partial charge in [0.2, 0.25) is 5.91 Å². The van der Waals surface area contributed by atoms with E-state index in [1.165, 1.54) is 18.6 Å². The van der Waals surface area contributed by atoms with E-state index in [1.807, 2.05) is 31.7 Å². The Hall–Kier alpha value is -3.23. The standard InChI is InChI=1S/C19H25N7O2/c1-19(2,3)18(28)26-10-8-25(9-11-26)15-5-4-13(20)16(23-15)24-17(27)14-12-21-6-7-22-14/h4-7,12H,8-11,20H2,1-3H3,(H,23,24,27). The molecule has 0 unspecified atom stereocenters. The van der Waals surface area contributed by atoms with Crippen LogP contribution in [0.25, 0.3) is 0 Å². The maximum atomic E-state index is 12.4. The van der Waals surface area contributed by atoms with Crippen molar-refractivity contribution in [2.24, 2.45) is 5.41 Å². The third-order valence-corrected chi connectivity index (χ3v) is 4.47. The number of pyridine rings is 1. The van der Waals surface area contributed by atoms with Crippen molar-refractivity contribution in [3.05, 3.63) is 36.4 Å². The number of rotatable bonds is 3. The maximum Gasteiger partial charge on any atom is 0.277 e. The largest absolute Gasteiger partial charge is 0.396 e. The highest BCUT2D eigenvalue weighted by Gasteiger charge is 2.30. The van der Waals surface area contributed by atoms with Gasteiger partial charge in [0, 0.05) is 44.0 Å². The van der Waals surface area contributed by atoms with E-state index in [-0.39, 0.29) is 22.8 Å². The van der Waals surface area contributed by atoms with Crippen molar-refractivity contribution in [1.29, 1.82) is 0 Å². The van der Waals surface area contributed by atoms with E-state index < -0.39 is 5.91 Å². The molecule has 0 bridgehead atoms. The number of carbonyl (C=O) groups is 2. The molecule has 0 aliphatic carbocycles. The van der Waals surface area contributed by atoms with Gasteiger partial charge in [0.05, 0.1) is 11.9 Å². The van der Waals surface area contributed by atoms with Crippen LogP contribution in [0.2, 0.25) is 0 Å². The molecule has 1 aliphatic heterocycles. The first kappa shape index (κ1) is 19.5. The Morgan fingerprint density at radius 2 is 1.82 bits per heavy atom. The average molecular weight is 383 g/mol. The molecule has 0 atom stereocenters. The molecule has 28 heavy (non-hydrogen) atoms. The topological polar surface area (TPSA) is 117 Å². The van der Waals surface area contributed by atoms with Crippen molar-refractivity contribution in [3.63, 3.8) is 0 Å². The molecule has 0 aromatic carbocycles. The zero-order valence-corrected chi connectivity index (χ0v) is 16.3. The second-order valence-corrected chi connectivity index (χ2v) is 7.68. The van der Waals surface area contributed by atoms with Gasteiger partial charge in [-0.2, -0.15) is 0 Å². The van der Waals surface area contributed by atoms with Crippen molar-refractivity contribution in [2.45, 2.75) is 20.8 Å². The molecule has 0 radical (unpaired) electrons. The van der Waals surface area contributed by atoms with Gasteiger partial charge in [0.15, 0.2) is 5.82 Å². The Bertz CT molecular complexity index is 856. The molecule has 1 aliphatic rings. The highest BCUT2D eigenvalue weighted by Crippen LogP contribution is 2.24. The molecule has 3 heterocycles. The van der Waals surface area contributed by atoms with Gasteiger partial charge in [-0.3, -0.25) is 14.6 Å². The van der Waals surface area contributed by atoms with Crippen LogP contribution in [0.15, 0.2) is 30.7 Å². The summed E-state index contributed by atoms with van der Waals surface area (Å²) in [5, 5.41) is 2.68. The monoisotopic (exact) mass is 383 g/mol. The van der Waals surface area contributed by atoms with Gasteiger partial charge >= 0.3 is 0 Å². The molecule has 2 amide bonds. The van der Waals surface area contributed by atoms with E-state index >= 15 is 0 Å². The summed E-state index contributed by atoms with van der Waals surface area (Å²) >= 11 is 0. The number of nitrogens with two attached hydrogens (primary N) is 1. The molecule has 9 nitrogen and oxygen atoms in total. The number of hydrogen-bond acceptors (Lipinski definition) is 7. The fourth-order valence-corrected chi connectivity index (χ4v) is 2.94. The molecule has 1 fully saturated rings. The van der Waals surface area contributed by atoms with Gasteiger partial charge in [-0.15, -0.1) is 0 Å². The van der Waals surface area contributed by atoms with Crippen LogP contribution in [0.5, 0.6) is 0 Å². The van der Waals surface area contributed by atoms with Gasteiger partial charge in [-0.1, -0.05) is 20.8 Å². The van der Waals surface area contributed by atoms with Crippen LogP contribution in [-0.4, -0.2) is 57.8 Å². The maximum absolute atomic E-state index is 12.4. The van der Waals surface area contributed by atoms with Crippen LogP contribution in [0, 0.1) is 5.41 Å². The van der Waals surface area contributed by atoms with Gasteiger partial charge < -0.3 is 20.9 Å². The van der Waals surface area contributed by atoms with E-state index in [4.69, 9.17) is 5.73 Å². The van der Waals surface area contributed by atoms with E-state index in [0.29, 0.717) is 37.7 Å². The first-order valence-corrected chi connectivity index (χ1v) is 9.14. The number of nitrogen functional groups attached to an aromatic ring is 1. The molecule has 0 spiro atoms. The van der Waals surface area contributed by atoms with Crippen LogP contribution in [0.4, 0.5) is 17.3 Å². The summed E-state index contributed by atoms with van der Waals surface area (Å²) in [7, 11) is 0. The lowest BCUT2D eigenvalue weighted by Gasteiger charge is -2.38. The lowest BCUT2D eigenvalue weighted by atomic mass is 9.94.